The Hall–Kier alpha value is -0.810. The van der Waals surface area contributed by atoms with E-state index in [1.807, 2.05) is 13.1 Å². The Kier molecular flexibility index (Phi) is 3.66. The minimum absolute atomic E-state index is 0.477. The second kappa shape index (κ2) is 5.01. The molecule has 0 aromatic carbocycles. The van der Waals surface area contributed by atoms with Crippen molar-refractivity contribution in [2.24, 2.45) is 0 Å². The van der Waals surface area contributed by atoms with E-state index in [0.29, 0.717) is 11.7 Å². The van der Waals surface area contributed by atoms with E-state index >= 15 is 0 Å². The highest BCUT2D eigenvalue weighted by atomic mass is 79.9. The lowest BCUT2D eigenvalue weighted by Gasteiger charge is -2.32. The lowest BCUT2D eigenvalue weighted by atomic mass is 10.1. The number of nitrogens with two attached hydrogens (primary N) is 1. The lowest BCUT2D eigenvalue weighted by Crippen LogP contribution is -2.37. The van der Waals surface area contributed by atoms with Crippen LogP contribution in [0.5, 0.6) is 0 Å². The molecule has 2 rings (SSSR count). The van der Waals surface area contributed by atoms with Gasteiger partial charge in [-0.1, -0.05) is 0 Å². The minimum atomic E-state index is 0.477. The topological polar surface area (TPSA) is 51.4 Å². The molecule has 0 unspecified atom stereocenters. The van der Waals surface area contributed by atoms with E-state index < -0.39 is 0 Å². The zero-order chi connectivity index (χ0) is 11.5. The zero-order valence-corrected chi connectivity index (χ0v) is 10.9. The zero-order valence-electron chi connectivity index (χ0n) is 9.32. The highest BCUT2D eigenvalue weighted by Crippen LogP contribution is 2.26. The van der Waals surface area contributed by atoms with Crippen LogP contribution in [0, 0.1) is 0 Å². The fraction of sp³-hybridized carbons (Fsp3) is 0.545. The largest absolute Gasteiger partial charge is 0.396 e. The number of pyridine rings is 1. The first-order chi connectivity index (χ1) is 7.68. The number of rotatable bonds is 2. The van der Waals surface area contributed by atoms with Gasteiger partial charge < -0.3 is 15.4 Å². The van der Waals surface area contributed by atoms with Crippen LogP contribution in [0.25, 0.3) is 0 Å². The Morgan fingerprint density at radius 3 is 2.81 bits per heavy atom. The van der Waals surface area contributed by atoms with E-state index in [1.54, 1.807) is 6.20 Å². The van der Waals surface area contributed by atoms with Gasteiger partial charge in [-0.25, -0.2) is 4.98 Å². The van der Waals surface area contributed by atoms with Crippen LogP contribution in [0.15, 0.2) is 16.7 Å². The molecule has 0 atom stereocenters. The van der Waals surface area contributed by atoms with Gasteiger partial charge in [-0.3, -0.25) is 0 Å². The molecule has 0 bridgehead atoms. The Labute approximate surface area is 104 Å². The molecule has 4 nitrogen and oxygen atoms in total. The second-order valence-corrected chi connectivity index (χ2v) is 4.94. The summed E-state index contributed by atoms with van der Waals surface area (Å²) in [6.45, 7) is 1.65. The predicted octanol–water partition coefficient (Wildman–Crippen LogP) is 2.04. The number of aromatic nitrogens is 1. The lowest BCUT2D eigenvalue weighted by molar-refractivity contribution is 0.0854. The molecular weight excluding hydrogens is 270 g/mol. The molecule has 88 valence electrons. The number of ether oxygens (including phenoxy) is 1. The van der Waals surface area contributed by atoms with E-state index in [2.05, 4.69) is 25.8 Å². The Balaban J connectivity index is 2.15. The van der Waals surface area contributed by atoms with Crippen LogP contribution in [-0.4, -0.2) is 31.3 Å². The molecule has 0 saturated carbocycles. The fourth-order valence-electron chi connectivity index (χ4n) is 1.99. The summed E-state index contributed by atoms with van der Waals surface area (Å²) in [6.07, 6.45) is 3.85. The molecule has 2 N–H and O–H groups in total. The maximum Gasteiger partial charge on any atom is 0.151 e. The third-order valence-corrected chi connectivity index (χ3v) is 3.37. The number of nitrogens with zero attached hydrogens (tertiary/aromatic N) is 2. The third-order valence-electron chi connectivity index (χ3n) is 2.93. The highest BCUT2D eigenvalue weighted by molar-refractivity contribution is 9.10. The molecule has 1 fully saturated rings. The highest BCUT2D eigenvalue weighted by Gasteiger charge is 2.20. The van der Waals surface area contributed by atoms with Crippen molar-refractivity contribution in [2.45, 2.75) is 18.9 Å². The van der Waals surface area contributed by atoms with Crippen molar-refractivity contribution in [2.75, 3.05) is 30.9 Å². The van der Waals surface area contributed by atoms with Gasteiger partial charge in [0.2, 0.25) is 0 Å². The number of hydrogen-bond acceptors (Lipinski definition) is 4. The summed E-state index contributed by atoms with van der Waals surface area (Å²) in [4.78, 5) is 6.52. The molecular formula is C11H16BrN3O. The number of halogens is 1. The molecule has 1 aliphatic rings. The van der Waals surface area contributed by atoms with Gasteiger partial charge >= 0.3 is 0 Å². The maximum absolute atomic E-state index is 5.96. The van der Waals surface area contributed by atoms with Crippen LogP contribution in [0.3, 0.4) is 0 Å². The summed E-state index contributed by atoms with van der Waals surface area (Å²) >= 11 is 3.36. The monoisotopic (exact) mass is 285 g/mol. The molecule has 0 aliphatic carbocycles. The first-order valence-corrected chi connectivity index (χ1v) is 6.19. The molecule has 2 heterocycles. The Morgan fingerprint density at radius 1 is 1.50 bits per heavy atom. The molecule has 0 radical (unpaired) electrons. The first kappa shape index (κ1) is 11.7. The summed E-state index contributed by atoms with van der Waals surface area (Å²) in [5, 5.41) is 0. The molecule has 1 aliphatic heterocycles. The van der Waals surface area contributed by atoms with E-state index in [0.717, 1.165) is 36.3 Å². The van der Waals surface area contributed by atoms with Crippen molar-refractivity contribution >= 4 is 27.4 Å². The van der Waals surface area contributed by atoms with Crippen LogP contribution in [0.1, 0.15) is 12.8 Å². The fourth-order valence-corrected chi connectivity index (χ4v) is 2.34. The molecule has 1 aromatic heterocycles. The first-order valence-electron chi connectivity index (χ1n) is 5.40. The van der Waals surface area contributed by atoms with Crippen LogP contribution in [-0.2, 0) is 4.74 Å². The quantitative estimate of drug-likeness (QED) is 0.904. The van der Waals surface area contributed by atoms with Gasteiger partial charge in [0.15, 0.2) is 5.82 Å². The van der Waals surface area contributed by atoms with Gasteiger partial charge in [0.05, 0.1) is 5.69 Å². The SMILES string of the molecule is CN(c1ncc(Br)cc1N)C1CCOCC1. The standard InChI is InChI=1S/C11H16BrN3O/c1-15(9-2-4-16-5-3-9)11-10(13)6-8(12)7-14-11/h6-7,9H,2-5,13H2,1H3. The van der Waals surface area contributed by atoms with Gasteiger partial charge in [-0.2, -0.15) is 0 Å². The Morgan fingerprint density at radius 2 is 2.19 bits per heavy atom. The number of hydrogen-bond donors (Lipinski definition) is 1. The average molecular weight is 286 g/mol. The third kappa shape index (κ3) is 2.47. The molecule has 5 heteroatoms. The van der Waals surface area contributed by atoms with Gasteiger partial charge in [0, 0.05) is 37.0 Å². The molecule has 16 heavy (non-hydrogen) atoms. The minimum Gasteiger partial charge on any atom is -0.396 e. The summed E-state index contributed by atoms with van der Waals surface area (Å²) in [7, 11) is 2.04. The normalized spacial score (nSPS) is 17.4. The van der Waals surface area contributed by atoms with Gasteiger partial charge in [-0.05, 0) is 34.8 Å². The van der Waals surface area contributed by atoms with Crippen molar-refractivity contribution in [3.8, 4) is 0 Å². The van der Waals surface area contributed by atoms with Crippen LogP contribution < -0.4 is 10.6 Å². The summed E-state index contributed by atoms with van der Waals surface area (Å²) in [6, 6.07) is 2.36. The van der Waals surface area contributed by atoms with E-state index in [4.69, 9.17) is 10.5 Å². The average Bonchev–Trinajstić information content (AvgIpc) is 2.29. The smallest absolute Gasteiger partial charge is 0.151 e. The van der Waals surface area contributed by atoms with Gasteiger partial charge in [0.25, 0.3) is 0 Å². The molecule has 0 spiro atoms. The summed E-state index contributed by atoms with van der Waals surface area (Å²) in [5.41, 5.74) is 6.68. The predicted molar refractivity (Wildman–Crippen MR) is 68.6 cm³/mol. The molecule has 0 amide bonds. The van der Waals surface area contributed by atoms with Crippen molar-refractivity contribution < 1.29 is 4.74 Å². The van der Waals surface area contributed by atoms with E-state index in [1.165, 1.54) is 0 Å². The van der Waals surface area contributed by atoms with Gasteiger partial charge in [0.1, 0.15) is 0 Å². The summed E-state index contributed by atoms with van der Waals surface area (Å²) in [5.74, 6) is 0.857. The maximum atomic E-state index is 5.96. The van der Waals surface area contributed by atoms with Crippen LogP contribution >= 0.6 is 15.9 Å². The summed E-state index contributed by atoms with van der Waals surface area (Å²) < 4.78 is 6.26. The number of anilines is 2. The van der Waals surface area contributed by atoms with Crippen molar-refractivity contribution in [1.82, 2.24) is 4.98 Å². The van der Waals surface area contributed by atoms with Crippen molar-refractivity contribution in [3.05, 3.63) is 16.7 Å². The molecule has 1 saturated heterocycles. The van der Waals surface area contributed by atoms with Crippen molar-refractivity contribution in [3.63, 3.8) is 0 Å². The second-order valence-electron chi connectivity index (χ2n) is 4.02. The molecule has 1 aromatic rings. The van der Waals surface area contributed by atoms with Crippen molar-refractivity contribution in [1.29, 1.82) is 0 Å². The van der Waals surface area contributed by atoms with Crippen LogP contribution in [0.2, 0.25) is 0 Å². The Bertz CT molecular complexity index is 366. The number of nitrogen functional groups attached to an aromatic ring is 1. The van der Waals surface area contributed by atoms with E-state index in [9.17, 15) is 0 Å². The van der Waals surface area contributed by atoms with Gasteiger partial charge in [-0.15, -0.1) is 0 Å². The van der Waals surface area contributed by atoms with Crippen LogP contribution in [0.4, 0.5) is 11.5 Å². The van der Waals surface area contributed by atoms with E-state index in [-0.39, 0.29) is 0 Å².